The van der Waals surface area contributed by atoms with Gasteiger partial charge in [-0.15, -0.1) is 0 Å². The normalized spacial score (nSPS) is 15.9. The zero-order chi connectivity index (χ0) is 19.8. The number of phenols is 1. The van der Waals surface area contributed by atoms with Gasteiger partial charge in [0.2, 0.25) is 0 Å². The molecule has 0 spiro atoms. The number of carbonyl (C=O) groups excluding carboxylic acids is 1. The highest BCUT2D eigenvalue weighted by Gasteiger charge is 2.32. The highest BCUT2D eigenvalue weighted by Crippen LogP contribution is 2.33. The van der Waals surface area contributed by atoms with Gasteiger partial charge in [0.05, 0.1) is 35.5 Å². The van der Waals surface area contributed by atoms with E-state index in [2.05, 4.69) is 15.1 Å². The number of carbonyl (C=O) groups is 1. The Hall–Kier alpha value is -3.87. The minimum atomic E-state index is -0.113. The quantitative estimate of drug-likeness (QED) is 0.567. The van der Waals surface area contributed by atoms with Crippen molar-refractivity contribution in [2.75, 3.05) is 6.54 Å². The Kier molecular flexibility index (Phi) is 4.13. The number of aromatic nitrogens is 4. The van der Waals surface area contributed by atoms with Crippen LogP contribution in [0.4, 0.5) is 0 Å². The summed E-state index contributed by atoms with van der Waals surface area (Å²) in [6.07, 6.45) is 5.17. The van der Waals surface area contributed by atoms with E-state index in [-0.39, 0.29) is 17.6 Å². The summed E-state index contributed by atoms with van der Waals surface area (Å²) in [7, 11) is 0. The minimum absolute atomic E-state index is 0.0681. The second kappa shape index (κ2) is 6.94. The average Bonchev–Trinajstić information content (AvgIpc) is 3.44. The lowest BCUT2D eigenvalue weighted by Crippen LogP contribution is -2.39. The van der Waals surface area contributed by atoms with Gasteiger partial charge < -0.3 is 15.0 Å². The predicted octanol–water partition coefficient (Wildman–Crippen LogP) is 3.09. The number of hydrogen-bond donors (Lipinski definition) is 2. The molecule has 0 bridgehead atoms. The van der Waals surface area contributed by atoms with Gasteiger partial charge >= 0.3 is 0 Å². The third kappa shape index (κ3) is 3.06. The lowest BCUT2D eigenvalue weighted by atomic mass is 9.90. The molecule has 7 heteroatoms. The second-order valence-corrected chi connectivity index (χ2v) is 7.07. The number of aromatic amines is 1. The van der Waals surface area contributed by atoms with Crippen LogP contribution in [0.3, 0.4) is 0 Å². The highest BCUT2D eigenvalue weighted by molar-refractivity contribution is 5.98. The Labute approximate surface area is 167 Å². The molecule has 4 aromatic rings. The van der Waals surface area contributed by atoms with E-state index in [0.717, 1.165) is 22.6 Å². The molecule has 0 aliphatic carbocycles. The van der Waals surface area contributed by atoms with Gasteiger partial charge in [0.15, 0.2) is 0 Å². The Morgan fingerprint density at radius 1 is 1.14 bits per heavy atom. The van der Waals surface area contributed by atoms with Gasteiger partial charge in [0.1, 0.15) is 5.75 Å². The van der Waals surface area contributed by atoms with Crippen molar-refractivity contribution in [3.63, 3.8) is 0 Å². The van der Waals surface area contributed by atoms with Gasteiger partial charge in [-0.3, -0.25) is 4.79 Å². The van der Waals surface area contributed by atoms with Crippen LogP contribution in [0.5, 0.6) is 5.75 Å². The van der Waals surface area contributed by atoms with Gasteiger partial charge in [-0.25, -0.2) is 9.67 Å². The fraction of sp³-hybridized carbons (Fsp3) is 0.136. The van der Waals surface area contributed by atoms with Crippen molar-refractivity contribution in [3.05, 3.63) is 95.8 Å². The van der Waals surface area contributed by atoms with E-state index in [1.165, 1.54) is 0 Å². The van der Waals surface area contributed by atoms with Crippen molar-refractivity contribution in [3.8, 4) is 11.4 Å². The molecule has 0 saturated carbocycles. The zero-order valence-corrected chi connectivity index (χ0v) is 15.6. The monoisotopic (exact) mass is 385 g/mol. The van der Waals surface area contributed by atoms with Gasteiger partial charge in [-0.05, 0) is 35.9 Å². The third-order valence-electron chi connectivity index (χ3n) is 5.28. The molecule has 1 atom stereocenters. The van der Waals surface area contributed by atoms with Crippen LogP contribution in [-0.2, 0) is 6.54 Å². The lowest BCUT2D eigenvalue weighted by molar-refractivity contribution is 0.0721. The van der Waals surface area contributed by atoms with Crippen molar-refractivity contribution in [1.29, 1.82) is 0 Å². The highest BCUT2D eigenvalue weighted by atomic mass is 16.3. The maximum atomic E-state index is 13.5. The number of nitrogens with one attached hydrogen (secondary N) is 1. The third-order valence-corrected chi connectivity index (χ3v) is 5.28. The molecule has 1 unspecified atom stereocenters. The Morgan fingerprint density at radius 2 is 2.03 bits per heavy atom. The van der Waals surface area contributed by atoms with Crippen LogP contribution in [0, 0.1) is 0 Å². The SMILES string of the molecule is O=C(c1ccccc1-n1cccn1)N1Cc2[nH]cnc2C(c2cccc(O)c2)C1. The summed E-state index contributed by atoms with van der Waals surface area (Å²) in [5.74, 6) is 0.0199. The maximum Gasteiger partial charge on any atom is 0.256 e. The number of rotatable bonds is 3. The summed E-state index contributed by atoms with van der Waals surface area (Å²) in [6.45, 7) is 0.935. The number of aromatic hydroxyl groups is 1. The van der Waals surface area contributed by atoms with Gasteiger partial charge in [0.25, 0.3) is 5.91 Å². The van der Waals surface area contributed by atoms with Gasteiger partial charge in [-0.1, -0.05) is 24.3 Å². The van der Waals surface area contributed by atoms with Crippen LogP contribution in [0.25, 0.3) is 5.69 Å². The second-order valence-electron chi connectivity index (χ2n) is 7.07. The molecular weight excluding hydrogens is 366 g/mol. The number of fused-ring (bicyclic) bond motifs is 1. The average molecular weight is 385 g/mol. The van der Waals surface area contributed by atoms with Crippen molar-refractivity contribution in [2.45, 2.75) is 12.5 Å². The molecule has 7 nitrogen and oxygen atoms in total. The molecule has 3 heterocycles. The van der Waals surface area contributed by atoms with Crippen LogP contribution in [0.15, 0.2) is 73.3 Å². The van der Waals surface area contributed by atoms with E-state index in [9.17, 15) is 9.90 Å². The van der Waals surface area contributed by atoms with Crippen molar-refractivity contribution >= 4 is 5.91 Å². The first-order valence-electron chi connectivity index (χ1n) is 9.40. The van der Waals surface area contributed by atoms with Crippen LogP contribution in [0.1, 0.15) is 33.2 Å². The van der Waals surface area contributed by atoms with E-state index in [0.29, 0.717) is 18.7 Å². The summed E-state index contributed by atoms with van der Waals surface area (Å²) in [4.78, 5) is 23.0. The summed E-state index contributed by atoms with van der Waals surface area (Å²) in [6, 6.07) is 16.4. The lowest BCUT2D eigenvalue weighted by Gasteiger charge is -2.32. The standard InChI is InChI=1S/C22H19N5O2/c28-16-6-3-5-15(11-16)18-12-26(13-19-21(18)24-14-23-19)22(29)17-7-1-2-8-20(17)27-10-4-9-25-27/h1-11,14,18,28H,12-13H2,(H,23,24). The molecule has 0 saturated heterocycles. The summed E-state index contributed by atoms with van der Waals surface area (Å²) < 4.78 is 1.70. The number of benzene rings is 2. The van der Waals surface area contributed by atoms with Crippen LogP contribution in [0.2, 0.25) is 0 Å². The summed E-state index contributed by atoms with van der Waals surface area (Å²) in [5.41, 5.74) is 4.09. The summed E-state index contributed by atoms with van der Waals surface area (Å²) >= 11 is 0. The van der Waals surface area contributed by atoms with Gasteiger partial charge in [0, 0.05) is 24.9 Å². The van der Waals surface area contributed by atoms with Crippen LogP contribution in [-0.4, -0.2) is 42.2 Å². The van der Waals surface area contributed by atoms with Crippen molar-refractivity contribution < 1.29 is 9.90 Å². The smallest absolute Gasteiger partial charge is 0.256 e. The summed E-state index contributed by atoms with van der Waals surface area (Å²) in [5, 5.41) is 14.2. The zero-order valence-electron chi connectivity index (χ0n) is 15.6. The van der Waals surface area contributed by atoms with Crippen molar-refractivity contribution in [1.82, 2.24) is 24.6 Å². The largest absolute Gasteiger partial charge is 0.508 e. The minimum Gasteiger partial charge on any atom is -0.508 e. The van der Waals surface area contributed by atoms with Crippen molar-refractivity contribution in [2.24, 2.45) is 0 Å². The topological polar surface area (TPSA) is 87.0 Å². The Balaban J connectivity index is 1.52. The molecule has 2 aromatic carbocycles. The molecule has 1 aliphatic heterocycles. The Morgan fingerprint density at radius 3 is 2.86 bits per heavy atom. The molecular formula is C22H19N5O2. The number of imidazole rings is 1. The number of hydrogen-bond acceptors (Lipinski definition) is 4. The van der Waals surface area contributed by atoms with Crippen LogP contribution < -0.4 is 0 Å². The van der Waals surface area contributed by atoms with E-state index in [4.69, 9.17) is 0 Å². The maximum absolute atomic E-state index is 13.5. The van der Waals surface area contributed by atoms with Gasteiger partial charge in [-0.2, -0.15) is 5.10 Å². The predicted molar refractivity (Wildman–Crippen MR) is 107 cm³/mol. The number of para-hydroxylation sites is 1. The first-order valence-corrected chi connectivity index (χ1v) is 9.40. The van der Waals surface area contributed by atoms with Crippen LogP contribution >= 0.6 is 0 Å². The Bertz CT molecular complexity index is 1170. The molecule has 1 aliphatic rings. The number of phenolic OH excluding ortho intramolecular Hbond substituents is 1. The first-order chi connectivity index (χ1) is 14.2. The number of nitrogens with zero attached hydrogens (tertiary/aromatic N) is 4. The molecule has 29 heavy (non-hydrogen) atoms. The molecule has 0 fully saturated rings. The fourth-order valence-electron chi connectivity index (χ4n) is 3.92. The molecule has 1 amide bonds. The van der Waals surface area contributed by atoms with E-state index in [1.807, 2.05) is 53.6 Å². The van der Waals surface area contributed by atoms with E-state index in [1.54, 1.807) is 29.3 Å². The number of H-pyrrole nitrogens is 1. The molecule has 144 valence electrons. The number of amides is 1. The molecule has 2 N–H and O–H groups in total. The first kappa shape index (κ1) is 17.2. The molecule has 0 radical (unpaired) electrons. The molecule has 5 rings (SSSR count). The molecule has 2 aromatic heterocycles. The van der Waals surface area contributed by atoms with E-state index < -0.39 is 0 Å². The fourth-order valence-corrected chi connectivity index (χ4v) is 3.92. The van der Waals surface area contributed by atoms with E-state index >= 15 is 0 Å².